The van der Waals surface area contributed by atoms with Crippen molar-refractivity contribution >= 4 is 11.9 Å². The Morgan fingerprint density at radius 3 is 2.64 bits per heavy atom. The summed E-state index contributed by atoms with van der Waals surface area (Å²) in [7, 11) is 0. The zero-order valence-corrected chi connectivity index (χ0v) is 19.6. The number of aliphatic hydroxyl groups is 2. The Bertz CT molecular complexity index is 1060. The Balaban J connectivity index is 1.57. The highest BCUT2D eigenvalue weighted by molar-refractivity contribution is 5.82. The minimum atomic E-state index is -1.77. The molecule has 7 nitrogen and oxygen atoms in total. The average Bonchev–Trinajstić information content (AvgIpc) is 3.53. The molecule has 1 aromatic rings. The largest absolute Gasteiger partial charge is 0.459 e. The third-order valence-corrected chi connectivity index (χ3v) is 9.60. The highest BCUT2D eigenvalue weighted by atomic mass is 16.7. The van der Waals surface area contributed by atoms with Gasteiger partial charge in [-0.05, 0) is 55.4 Å². The Morgan fingerprint density at radius 1 is 1.27 bits per heavy atom. The van der Waals surface area contributed by atoms with Crippen LogP contribution < -0.4 is 0 Å². The predicted molar refractivity (Wildman–Crippen MR) is 116 cm³/mol. The monoisotopic (exact) mass is 456 g/mol. The fraction of sp³-hybridized carbons (Fsp3) is 0.692. The number of ether oxygens (including phenoxy) is 3. The van der Waals surface area contributed by atoms with E-state index in [9.17, 15) is 19.8 Å². The van der Waals surface area contributed by atoms with Crippen molar-refractivity contribution in [2.24, 2.45) is 22.7 Å². The molecule has 2 spiro atoms. The Kier molecular flexibility index (Phi) is 4.30. The predicted octanol–water partition coefficient (Wildman–Crippen LogP) is 2.30. The van der Waals surface area contributed by atoms with E-state index in [2.05, 4.69) is 0 Å². The molecule has 5 aliphatic rings. The molecule has 3 aliphatic carbocycles. The number of benzene rings is 1. The highest BCUT2D eigenvalue weighted by Gasteiger charge is 2.85. The van der Waals surface area contributed by atoms with Crippen LogP contribution in [-0.4, -0.2) is 52.9 Å². The van der Waals surface area contributed by atoms with Crippen LogP contribution in [-0.2, 0) is 30.2 Å². The van der Waals surface area contributed by atoms with Crippen LogP contribution in [0.5, 0.6) is 0 Å². The van der Waals surface area contributed by atoms with Gasteiger partial charge in [0.15, 0.2) is 5.79 Å². The van der Waals surface area contributed by atoms with E-state index in [-0.39, 0.29) is 12.5 Å². The molecule has 1 aromatic carbocycles. The summed E-state index contributed by atoms with van der Waals surface area (Å²) in [6.07, 6.45) is -0.376. The normalized spacial score (nSPS) is 42.2. The summed E-state index contributed by atoms with van der Waals surface area (Å²) in [5, 5.41) is 23.5. The number of hydrogen-bond acceptors (Lipinski definition) is 7. The van der Waals surface area contributed by atoms with Crippen molar-refractivity contribution in [2.75, 3.05) is 6.61 Å². The average molecular weight is 457 g/mol. The lowest BCUT2D eigenvalue weighted by Gasteiger charge is -2.62. The summed E-state index contributed by atoms with van der Waals surface area (Å²) < 4.78 is 18.0. The van der Waals surface area contributed by atoms with E-state index in [1.165, 1.54) is 0 Å². The number of aryl methyl sites for hydroxylation is 2. The van der Waals surface area contributed by atoms with Gasteiger partial charge in [-0.1, -0.05) is 26.0 Å². The minimum absolute atomic E-state index is 0.153. The van der Waals surface area contributed by atoms with E-state index in [1.807, 2.05) is 32.9 Å². The van der Waals surface area contributed by atoms with Gasteiger partial charge in [0, 0.05) is 17.8 Å². The zero-order chi connectivity index (χ0) is 23.5. The van der Waals surface area contributed by atoms with Crippen LogP contribution in [0.15, 0.2) is 12.1 Å². The zero-order valence-electron chi connectivity index (χ0n) is 19.6. The first-order valence-electron chi connectivity index (χ1n) is 12.2. The topological polar surface area (TPSA) is 102 Å². The van der Waals surface area contributed by atoms with Crippen molar-refractivity contribution in [1.29, 1.82) is 0 Å². The Labute approximate surface area is 193 Å². The number of hydrogen-bond donors (Lipinski definition) is 2. The molecule has 8 unspecified atom stereocenters. The maximum Gasteiger partial charge on any atom is 0.348 e. The lowest BCUT2D eigenvalue weighted by molar-refractivity contribution is -0.291. The molecule has 0 radical (unpaired) electrons. The maximum absolute atomic E-state index is 13.3. The van der Waals surface area contributed by atoms with Crippen LogP contribution in [0.3, 0.4) is 0 Å². The third-order valence-electron chi connectivity index (χ3n) is 9.60. The standard InChI is InChI=1S/C26H32O7/c1-5-12(2)21(27)33-18-20-24(8-9-24)23(29)26(30)19-17-14(4)7-6-13(3)15(17)10-16(32-22(18)28)25(19,20)11-31-26/h6-7,12,16,18-20,23,29-30H,5,8-11H2,1-4H3. The van der Waals surface area contributed by atoms with Crippen molar-refractivity contribution in [3.8, 4) is 0 Å². The SMILES string of the molecule is CCC(C)C(=O)OC1C(=O)OC2Cc3c(C)ccc(C)c3C3C4(O)OCC23C1C1(CC1)C4O. The van der Waals surface area contributed by atoms with Crippen LogP contribution in [0.25, 0.3) is 0 Å². The number of esters is 2. The van der Waals surface area contributed by atoms with E-state index in [0.717, 1.165) is 22.3 Å². The summed E-state index contributed by atoms with van der Waals surface area (Å²) in [6, 6.07) is 4.07. The molecule has 4 fully saturated rings. The van der Waals surface area contributed by atoms with Crippen LogP contribution in [0.4, 0.5) is 0 Å². The molecular weight excluding hydrogens is 424 g/mol. The van der Waals surface area contributed by atoms with Gasteiger partial charge < -0.3 is 24.4 Å². The number of fused-ring (bicyclic) bond motifs is 2. The van der Waals surface area contributed by atoms with Gasteiger partial charge in [-0.15, -0.1) is 0 Å². The molecular formula is C26H32O7. The molecule has 6 rings (SSSR count). The van der Waals surface area contributed by atoms with Crippen molar-refractivity contribution in [3.63, 3.8) is 0 Å². The highest BCUT2D eigenvalue weighted by Crippen LogP contribution is 2.77. The molecule has 2 saturated heterocycles. The van der Waals surface area contributed by atoms with E-state index < -0.39 is 58.7 Å². The summed E-state index contributed by atoms with van der Waals surface area (Å²) in [4.78, 5) is 26.2. The second-order valence-corrected chi connectivity index (χ2v) is 11.1. The minimum Gasteiger partial charge on any atom is -0.459 e. The molecule has 178 valence electrons. The van der Waals surface area contributed by atoms with E-state index in [1.54, 1.807) is 6.92 Å². The van der Waals surface area contributed by atoms with E-state index >= 15 is 0 Å². The van der Waals surface area contributed by atoms with Gasteiger partial charge in [-0.25, -0.2) is 4.79 Å². The molecule has 8 atom stereocenters. The maximum atomic E-state index is 13.3. The quantitative estimate of drug-likeness (QED) is 0.673. The number of carbonyl (C=O) groups excluding carboxylic acids is 2. The van der Waals surface area contributed by atoms with E-state index in [4.69, 9.17) is 14.2 Å². The van der Waals surface area contributed by atoms with Gasteiger partial charge >= 0.3 is 11.9 Å². The molecule has 2 saturated carbocycles. The molecule has 2 bridgehead atoms. The van der Waals surface area contributed by atoms with E-state index in [0.29, 0.717) is 25.7 Å². The smallest absolute Gasteiger partial charge is 0.348 e. The molecule has 2 heterocycles. The lowest BCUT2D eigenvalue weighted by atomic mass is 9.45. The molecule has 2 N–H and O–H groups in total. The van der Waals surface area contributed by atoms with Crippen LogP contribution in [0.1, 0.15) is 61.3 Å². The van der Waals surface area contributed by atoms with Gasteiger partial charge in [0.2, 0.25) is 6.10 Å². The molecule has 2 aliphatic heterocycles. The summed E-state index contributed by atoms with van der Waals surface area (Å²) in [5.41, 5.74) is 2.62. The molecule has 7 heteroatoms. The van der Waals surface area contributed by atoms with Crippen molar-refractivity contribution in [2.45, 2.75) is 83.4 Å². The summed E-state index contributed by atoms with van der Waals surface area (Å²) in [5.74, 6) is -4.13. The molecule has 0 amide bonds. The van der Waals surface area contributed by atoms with Gasteiger partial charge in [-0.3, -0.25) is 4.79 Å². The Morgan fingerprint density at radius 2 is 1.97 bits per heavy atom. The molecule has 0 aromatic heterocycles. The van der Waals surface area contributed by atoms with Gasteiger partial charge in [0.25, 0.3) is 0 Å². The fourth-order valence-electron chi connectivity index (χ4n) is 7.64. The van der Waals surface area contributed by atoms with Crippen molar-refractivity contribution < 1.29 is 34.0 Å². The van der Waals surface area contributed by atoms with Crippen LogP contribution >= 0.6 is 0 Å². The van der Waals surface area contributed by atoms with Gasteiger partial charge in [0.05, 0.1) is 23.9 Å². The first-order chi connectivity index (χ1) is 15.6. The van der Waals surface area contributed by atoms with Crippen molar-refractivity contribution in [1.82, 2.24) is 0 Å². The van der Waals surface area contributed by atoms with Crippen LogP contribution in [0, 0.1) is 36.5 Å². The summed E-state index contributed by atoms with van der Waals surface area (Å²) in [6.45, 7) is 7.86. The number of rotatable bonds is 3. The van der Waals surface area contributed by atoms with Crippen LogP contribution in [0.2, 0.25) is 0 Å². The lowest BCUT2D eigenvalue weighted by Crippen LogP contribution is -2.72. The first kappa shape index (κ1) is 21.6. The third kappa shape index (κ3) is 2.41. The van der Waals surface area contributed by atoms with Crippen molar-refractivity contribution in [3.05, 3.63) is 34.4 Å². The van der Waals surface area contributed by atoms with Gasteiger partial charge in [0.1, 0.15) is 12.2 Å². The number of aliphatic hydroxyl groups excluding tert-OH is 1. The van der Waals surface area contributed by atoms with Gasteiger partial charge in [-0.2, -0.15) is 0 Å². The molecule has 33 heavy (non-hydrogen) atoms. The summed E-state index contributed by atoms with van der Waals surface area (Å²) >= 11 is 0. The second kappa shape index (κ2) is 6.58. The first-order valence-corrected chi connectivity index (χ1v) is 12.2. The Hall–Kier alpha value is -1.96. The number of carbonyl (C=O) groups is 2. The fourth-order valence-corrected chi connectivity index (χ4v) is 7.64. The second-order valence-electron chi connectivity index (χ2n) is 11.1.